The molecule has 5 nitrogen and oxygen atoms in total. The molecule has 0 aliphatic rings. The Morgan fingerprint density at radius 2 is 1.85 bits per heavy atom. The number of methoxy groups -OCH3 is 1. The maximum atomic E-state index is 11.0. The zero-order valence-corrected chi connectivity index (χ0v) is 19.8. The lowest BCUT2D eigenvalue weighted by Gasteiger charge is -2.11. The van der Waals surface area contributed by atoms with Gasteiger partial charge in [-0.2, -0.15) is 0 Å². The number of carbonyl (C=O) groups is 1. The Morgan fingerprint density at radius 3 is 2.58 bits per heavy atom. The van der Waals surface area contributed by atoms with Crippen LogP contribution in [0.15, 0.2) is 71.6 Å². The van der Waals surface area contributed by atoms with Gasteiger partial charge in [0, 0.05) is 16.7 Å². The lowest BCUT2D eigenvalue weighted by atomic mass is 10.1. The van der Waals surface area contributed by atoms with E-state index >= 15 is 0 Å². The van der Waals surface area contributed by atoms with E-state index in [0.29, 0.717) is 23.8 Å². The first-order valence-electron chi connectivity index (χ1n) is 10.9. The molecule has 0 saturated heterocycles. The third-order valence-electron chi connectivity index (χ3n) is 5.07. The Hall–Kier alpha value is -3.25. The number of unbranched alkanes of at least 4 members (excludes halogenated alkanes) is 1. The van der Waals surface area contributed by atoms with Crippen molar-refractivity contribution in [2.45, 2.75) is 36.8 Å². The van der Waals surface area contributed by atoms with Gasteiger partial charge in [-0.05, 0) is 73.7 Å². The Balaban J connectivity index is 1.56. The molecule has 3 rings (SSSR count). The number of pyridine rings is 1. The molecule has 1 heterocycles. The zero-order valence-electron chi connectivity index (χ0n) is 19.0. The first-order valence-corrected chi connectivity index (χ1v) is 11.9. The van der Waals surface area contributed by atoms with Gasteiger partial charge in [-0.1, -0.05) is 30.3 Å². The summed E-state index contributed by atoms with van der Waals surface area (Å²) in [5.74, 6) is 1.14. The molecule has 0 radical (unpaired) electrons. The summed E-state index contributed by atoms with van der Waals surface area (Å²) in [6, 6.07) is 20.1. The molecule has 0 atom stereocenters. The quantitative estimate of drug-likeness (QED) is 0.196. The summed E-state index contributed by atoms with van der Waals surface area (Å²) >= 11 is 1.71. The van der Waals surface area contributed by atoms with Crippen molar-refractivity contribution in [3.8, 4) is 11.5 Å². The Morgan fingerprint density at radius 1 is 1.06 bits per heavy atom. The fraction of sp³-hybridized carbons (Fsp3) is 0.259. The summed E-state index contributed by atoms with van der Waals surface area (Å²) < 4.78 is 11.1. The Labute approximate surface area is 199 Å². The second-order valence-electron chi connectivity index (χ2n) is 7.57. The molecule has 33 heavy (non-hydrogen) atoms. The minimum Gasteiger partial charge on any atom is -0.497 e. The lowest BCUT2D eigenvalue weighted by molar-refractivity contribution is -0.131. The predicted octanol–water partition coefficient (Wildman–Crippen LogP) is 6.19. The van der Waals surface area contributed by atoms with Gasteiger partial charge in [0.05, 0.1) is 19.4 Å². The molecule has 1 N–H and O–H groups in total. The molecule has 0 aliphatic heterocycles. The lowest BCUT2D eigenvalue weighted by Crippen LogP contribution is -2.02. The number of hydrogen-bond acceptors (Lipinski definition) is 5. The molecule has 0 bridgehead atoms. The fourth-order valence-electron chi connectivity index (χ4n) is 3.25. The van der Waals surface area contributed by atoms with Crippen molar-refractivity contribution in [2.75, 3.05) is 13.7 Å². The van der Waals surface area contributed by atoms with Crippen LogP contribution in [-0.4, -0.2) is 29.8 Å². The molecular weight excluding hydrogens is 434 g/mol. The number of rotatable bonds is 12. The maximum absolute atomic E-state index is 11.0. The smallest absolute Gasteiger partial charge is 0.328 e. The van der Waals surface area contributed by atoms with Crippen LogP contribution in [-0.2, 0) is 17.0 Å². The van der Waals surface area contributed by atoms with Crippen molar-refractivity contribution < 1.29 is 19.4 Å². The van der Waals surface area contributed by atoms with Crippen molar-refractivity contribution in [1.82, 2.24) is 4.98 Å². The fourth-order valence-corrected chi connectivity index (χ4v) is 4.19. The van der Waals surface area contributed by atoms with Crippen molar-refractivity contribution >= 4 is 23.8 Å². The van der Waals surface area contributed by atoms with Crippen molar-refractivity contribution in [3.05, 3.63) is 89.3 Å². The first kappa shape index (κ1) is 24.4. The van der Waals surface area contributed by atoms with E-state index in [2.05, 4.69) is 36.2 Å². The monoisotopic (exact) mass is 463 g/mol. The van der Waals surface area contributed by atoms with Gasteiger partial charge in [-0.15, -0.1) is 11.8 Å². The summed E-state index contributed by atoms with van der Waals surface area (Å²) in [6.07, 6.45) is 5.44. The van der Waals surface area contributed by atoms with Crippen LogP contribution in [0.4, 0.5) is 0 Å². The predicted molar refractivity (Wildman–Crippen MR) is 133 cm³/mol. The number of aryl methyl sites for hydroxylation is 2. The minimum atomic E-state index is -1.01. The second-order valence-corrected chi connectivity index (χ2v) is 8.58. The van der Waals surface area contributed by atoms with Crippen molar-refractivity contribution in [2.24, 2.45) is 0 Å². The summed E-state index contributed by atoms with van der Waals surface area (Å²) in [6.45, 7) is 2.63. The number of aliphatic carboxylic acids is 1. The third-order valence-corrected chi connectivity index (χ3v) is 6.28. The highest BCUT2D eigenvalue weighted by Crippen LogP contribution is 2.27. The van der Waals surface area contributed by atoms with Crippen LogP contribution in [0.1, 0.15) is 35.4 Å². The van der Waals surface area contributed by atoms with E-state index in [9.17, 15) is 4.79 Å². The van der Waals surface area contributed by atoms with E-state index in [4.69, 9.17) is 14.6 Å². The number of aromatic nitrogens is 1. The average Bonchev–Trinajstić information content (AvgIpc) is 2.83. The van der Waals surface area contributed by atoms with Gasteiger partial charge < -0.3 is 14.6 Å². The topological polar surface area (TPSA) is 68.7 Å². The summed E-state index contributed by atoms with van der Waals surface area (Å²) in [5.41, 5.74) is 3.90. The molecule has 172 valence electrons. The maximum Gasteiger partial charge on any atom is 0.328 e. The van der Waals surface area contributed by atoms with E-state index in [1.807, 2.05) is 36.4 Å². The highest BCUT2D eigenvalue weighted by atomic mass is 32.2. The van der Waals surface area contributed by atoms with E-state index in [0.717, 1.165) is 36.8 Å². The van der Waals surface area contributed by atoms with Crippen LogP contribution < -0.4 is 9.47 Å². The zero-order chi connectivity index (χ0) is 23.5. The van der Waals surface area contributed by atoms with Gasteiger partial charge in [0.2, 0.25) is 0 Å². The van der Waals surface area contributed by atoms with Gasteiger partial charge in [-0.25, -0.2) is 9.78 Å². The standard InChI is InChI=1S/C27H29NO4S/c1-20-7-3-4-9-26(20)33-19-22-12-16-25(24(28-22)15-17-27(29)30)32-18-6-5-8-21-10-13-23(31-2)14-11-21/h3-4,7,9-17H,5-6,8,18-19H2,1-2H3,(H,29,30). The number of nitrogens with zero attached hydrogens (tertiary/aromatic N) is 1. The van der Waals surface area contributed by atoms with Crippen LogP contribution >= 0.6 is 11.8 Å². The van der Waals surface area contributed by atoms with E-state index in [1.54, 1.807) is 18.9 Å². The normalized spacial score (nSPS) is 11.0. The largest absolute Gasteiger partial charge is 0.497 e. The van der Waals surface area contributed by atoms with Crippen LogP contribution in [0.5, 0.6) is 11.5 Å². The first-order chi connectivity index (χ1) is 16.0. The third kappa shape index (κ3) is 7.99. The molecule has 0 fully saturated rings. The number of hydrogen-bond donors (Lipinski definition) is 1. The van der Waals surface area contributed by atoms with Crippen LogP contribution in [0.3, 0.4) is 0 Å². The molecule has 0 unspecified atom stereocenters. The minimum absolute atomic E-state index is 0.537. The highest BCUT2D eigenvalue weighted by Gasteiger charge is 2.08. The summed E-state index contributed by atoms with van der Waals surface area (Å²) in [5, 5.41) is 9.04. The van der Waals surface area contributed by atoms with Crippen molar-refractivity contribution in [1.29, 1.82) is 0 Å². The molecule has 0 amide bonds. The number of benzene rings is 2. The number of thioether (sulfide) groups is 1. The van der Waals surface area contributed by atoms with Crippen LogP contribution in [0.25, 0.3) is 6.08 Å². The molecule has 3 aromatic rings. The Kier molecular flexibility index (Phi) is 9.39. The van der Waals surface area contributed by atoms with E-state index in [-0.39, 0.29) is 0 Å². The van der Waals surface area contributed by atoms with Gasteiger partial charge in [0.15, 0.2) is 0 Å². The SMILES string of the molecule is COc1ccc(CCCCOc2ccc(CSc3ccccc3C)nc2C=CC(=O)O)cc1. The van der Waals surface area contributed by atoms with Gasteiger partial charge >= 0.3 is 5.97 Å². The second kappa shape index (κ2) is 12.7. The number of ether oxygens (including phenoxy) is 2. The van der Waals surface area contributed by atoms with E-state index < -0.39 is 5.97 Å². The number of carboxylic acid groups (broad SMARTS) is 1. The molecular formula is C27H29NO4S. The van der Waals surface area contributed by atoms with Gasteiger partial charge in [-0.3, -0.25) is 0 Å². The molecule has 1 aromatic heterocycles. The number of carboxylic acids is 1. The van der Waals surface area contributed by atoms with Gasteiger partial charge in [0.1, 0.15) is 17.2 Å². The molecule has 0 spiro atoms. The average molecular weight is 464 g/mol. The summed E-state index contributed by atoms with van der Waals surface area (Å²) in [7, 11) is 1.66. The molecule has 2 aromatic carbocycles. The molecule has 0 saturated carbocycles. The highest BCUT2D eigenvalue weighted by molar-refractivity contribution is 7.98. The van der Waals surface area contributed by atoms with E-state index in [1.165, 1.54) is 22.1 Å². The summed E-state index contributed by atoms with van der Waals surface area (Å²) in [4.78, 5) is 16.9. The van der Waals surface area contributed by atoms with Crippen molar-refractivity contribution in [3.63, 3.8) is 0 Å². The van der Waals surface area contributed by atoms with Gasteiger partial charge in [0.25, 0.3) is 0 Å². The van der Waals surface area contributed by atoms with Crippen LogP contribution in [0, 0.1) is 6.92 Å². The molecule has 6 heteroatoms. The van der Waals surface area contributed by atoms with Crippen LogP contribution in [0.2, 0.25) is 0 Å². The Bertz CT molecular complexity index is 1080. The molecule has 0 aliphatic carbocycles.